The molecule has 1 amide bonds. The van der Waals surface area contributed by atoms with Crippen molar-refractivity contribution in [2.45, 2.75) is 19.8 Å². The van der Waals surface area contributed by atoms with E-state index >= 15 is 0 Å². The van der Waals surface area contributed by atoms with Crippen LogP contribution in [0.3, 0.4) is 0 Å². The van der Waals surface area contributed by atoms with Crippen LogP contribution in [0.25, 0.3) is 0 Å². The van der Waals surface area contributed by atoms with E-state index < -0.39 is 4.92 Å². The van der Waals surface area contributed by atoms with E-state index in [0.717, 1.165) is 0 Å². The summed E-state index contributed by atoms with van der Waals surface area (Å²) < 4.78 is 0. The third kappa shape index (κ3) is 4.26. The van der Waals surface area contributed by atoms with Crippen molar-refractivity contribution in [3.05, 3.63) is 39.9 Å². The zero-order chi connectivity index (χ0) is 13.4. The van der Waals surface area contributed by atoms with Crippen molar-refractivity contribution >= 4 is 11.6 Å². The summed E-state index contributed by atoms with van der Waals surface area (Å²) in [6.07, 6.45) is 0.593. The van der Waals surface area contributed by atoms with Crippen molar-refractivity contribution in [2.75, 3.05) is 6.54 Å². The molecule has 0 saturated heterocycles. The first-order chi connectivity index (χ1) is 8.65. The Kier molecular flexibility index (Phi) is 5.39. The van der Waals surface area contributed by atoms with Crippen LogP contribution in [0.1, 0.15) is 18.9 Å². The van der Waals surface area contributed by atoms with Crippen molar-refractivity contribution < 1.29 is 9.72 Å². The van der Waals surface area contributed by atoms with Gasteiger partial charge in [0.2, 0.25) is 5.91 Å². The topological polar surface area (TPSA) is 72.2 Å². The minimum absolute atomic E-state index is 0.0106. The summed E-state index contributed by atoms with van der Waals surface area (Å²) in [5.74, 6) is 5.31. The monoisotopic (exact) mass is 246 g/mol. The molecule has 5 nitrogen and oxygen atoms in total. The minimum atomic E-state index is -0.481. The normalized spacial score (nSPS) is 9.17. The Morgan fingerprint density at radius 1 is 1.44 bits per heavy atom. The van der Waals surface area contributed by atoms with Crippen LogP contribution in [-0.2, 0) is 11.2 Å². The largest absolute Gasteiger partial charge is 0.355 e. The van der Waals surface area contributed by atoms with Crippen LogP contribution in [0.2, 0.25) is 0 Å². The predicted molar refractivity (Wildman–Crippen MR) is 67.9 cm³/mol. The lowest BCUT2D eigenvalue weighted by atomic mass is 10.1. The fraction of sp³-hybridized carbons (Fsp3) is 0.308. The van der Waals surface area contributed by atoms with Crippen molar-refractivity contribution in [2.24, 2.45) is 0 Å². The Labute approximate surface area is 105 Å². The highest BCUT2D eigenvalue weighted by Crippen LogP contribution is 2.17. The van der Waals surface area contributed by atoms with Crippen molar-refractivity contribution in [3.8, 4) is 11.8 Å². The Bertz CT molecular complexity index is 500. The lowest BCUT2D eigenvalue weighted by Crippen LogP contribution is -2.26. The number of amides is 1. The number of nitrogens with zero attached hydrogens (tertiary/aromatic N) is 1. The van der Waals surface area contributed by atoms with E-state index in [1.165, 1.54) is 6.07 Å². The van der Waals surface area contributed by atoms with E-state index in [0.29, 0.717) is 18.5 Å². The highest BCUT2D eigenvalue weighted by Gasteiger charge is 2.14. The summed E-state index contributed by atoms with van der Waals surface area (Å²) in [5, 5.41) is 13.4. The SMILES string of the molecule is CC#CCCNC(=O)Cc1ccccc1[N+](=O)[O-]. The van der Waals surface area contributed by atoms with Gasteiger partial charge in [-0.3, -0.25) is 14.9 Å². The highest BCUT2D eigenvalue weighted by molar-refractivity contribution is 5.79. The van der Waals surface area contributed by atoms with Gasteiger partial charge in [0.1, 0.15) is 0 Å². The fourth-order valence-corrected chi connectivity index (χ4v) is 1.46. The molecule has 1 rings (SSSR count). The maximum absolute atomic E-state index is 11.6. The van der Waals surface area contributed by atoms with Gasteiger partial charge in [-0.15, -0.1) is 11.8 Å². The molecule has 0 aliphatic rings. The molecule has 0 spiro atoms. The van der Waals surface area contributed by atoms with Crippen LogP contribution < -0.4 is 5.32 Å². The van der Waals surface area contributed by atoms with Crippen molar-refractivity contribution in [1.82, 2.24) is 5.32 Å². The Morgan fingerprint density at radius 2 is 2.17 bits per heavy atom. The van der Waals surface area contributed by atoms with Gasteiger partial charge >= 0.3 is 0 Å². The molecule has 1 aromatic carbocycles. The number of para-hydroxylation sites is 1. The van der Waals surface area contributed by atoms with E-state index in [-0.39, 0.29) is 18.0 Å². The summed E-state index contributed by atoms with van der Waals surface area (Å²) in [7, 11) is 0. The number of hydrogen-bond acceptors (Lipinski definition) is 3. The third-order valence-electron chi connectivity index (χ3n) is 2.29. The number of nitrogens with one attached hydrogen (secondary N) is 1. The molecule has 0 aliphatic carbocycles. The molecule has 0 unspecified atom stereocenters. The summed E-state index contributed by atoms with van der Waals surface area (Å²) in [6, 6.07) is 6.24. The zero-order valence-electron chi connectivity index (χ0n) is 10.1. The molecule has 0 aliphatic heterocycles. The maximum atomic E-state index is 11.6. The first-order valence-electron chi connectivity index (χ1n) is 5.53. The van der Waals surface area contributed by atoms with Gasteiger partial charge in [-0.1, -0.05) is 18.2 Å². The van der Waals surface area contributed by atoms with Crippen LogP contribution >= 0.6 is 0 Å². The molecule has 1 aromatic rings. The average Bonchev–Trinajstić information content (AvgIpc) is 2.35. The van der Waals surface area contributed by atoms with Gasteiger partial charge in [-0.2, -0.15) is 0 Å². The Balaban J connectivity index is 2.58. The molecule has 0 aromatic heterocycles. The van der Waals surface area contributed by atoms with E-state index in [4.69, 9.17) is 0 Å². The lowest BCUT2D eigenvalue weighted by Gasteiger charge is -2.03. The molecular formula is C13H14N2O3. The first kappa shape index (κ1) is 13.7. The number of carbonyl (C=O) groups is 1. The smallest absolute Gasteiger partial charge is 0.273 e. The Morgan fingerprint density at radius 3 is 2.83 bits per heavy atom. The van der Waals surface area contributed by atoms with E-state index in [2.05, 4.69) is 17.2 Å². The Hall–Kier alpha value is -2.35. The maximum Gasteiger partial charge on any atom is 0.273 e. The minimum Gasteiger partial charge on any atom is -0.355 e. The fourth-order valence-electron chi connectivity index (χ4n) is 1.46. The summed E-state index contributed by atoms with van der Waals surface area (Å²) in [5.41, 5.74) is 0.391. The first-order valence-corrected chi connectivity index (χ1v) is 5.53. The third-order valence-corrected chi connectivity index (χ3v) is 2.29. The van der Waals surface area contributed by atoms with E-state index in [1.54, 1.807) is 25.1 Å². The molecule has 94 valence electrons. The van der Waals surface area contributed by atoms with Gasteiger partial charge in [0.15, 0.2) is 0 Å². The van der Waals surface area contributed by atoms with Crippen molar-refractivity contribution in [3.63, 3.8) is 0 Å². The van der Waals surface area contributed by atoms with Gasteiger partial charge in [-0.05, 0) is 6.92 Å². The van der Waals surface area contributed by atoms with Crippen LogP contribution in [0.5, 0.6) is 0 Å². The van der Waals surface area contributed by atoms with E-state index in [1.807, 2.05) is 0 Å². The second-order valence-electron chi connectivity index (χ2n) is 3.59. The van der Waals surface area contributed by atoms with Gasteiger partial charge in [-0.25, -0.2) is 0 Å². The van der Waals surface area contributed by atoms with E-state index in [9.17, 15) is 14.9 Å². The summed E-state index contributed by atoms with van der Waals surface area (Å²) in [4.78, 5) is 21.8. The number of rotatable bonds is 5. The molecular weight excluding hydrogens is 232 g/mol. The number of carbonyl (C=O) groups excluding carboxylic acids is 1. The molecule has 0 radical (unpaired) electrons. The van der Waals surface area contributed by atoms with Crippen LogP contribution in [0.4, 0.5) is 5.69 Å². The second-order valence-corrected chi connectivity index (χ2v) is 3.59. The predicted octanol–water partition coefficient (Wildman–Crippen LogP) is 1.67. The van der Waals surface area contributed by atoms with Crippen LogP contribution in [-0.4, -0.2) is 17.4 Å². The number of nitro benzene ring substituents is 1. The van der Waals surface area contributed by atoms with Gasteiger partial charge in [0, 0.05) is 24.6 Å². The molecule has 0 saturated carbocycles. The molecule has 1 N–H and O–H groups in total. The van der Waals surface area contributed by atoms with Crippen LogP contribution in [0.15, 0.2) is 24.3 Å². The van der Waals surface area contributed by atoms with Crippen LogP contribution in [0, 0.1) is 22.0 Å². The standard InChI is InChI=1S/C13H14N2O3/c1-2-3-6-9-14-13(16)10-11-7-4-5-8-12(11)15(17)18/h4-5,7-8H,6,9-10H2,1H3,(H,14,16). The number of benzene rings is 1. The number of hydrogen-bond donors (Lipinski definition) is 1. The molecule has 0 atom stereocenters. The highest BCUT2D eigenvalue weighted by atomic mass is 16.6. The van der Waals surface area contributed by atoms with Gasteiger partial charge < -0.3 is 5.32 Å². The molecule has 0 fully saturated rings. The van der Waals surface area contributed by atoms with Gasteiger partial charge in [0.25, 0.3) is 5.69 Å². The molecule has 0 bridgehead atoms. The summed E-state index contributed by atoms with van der Waals surface area (Å²) in [6.45, 7) is 2.19. The number of nitro groups is 1. The van der Waals surface area contributed by atoms with Gasteiger partial charge in [0.05, 0.1) is 11.3 Å². The lowest BCUT2D eigenvalue weighted by molar-refractivity contribution is -0.385. The molecule has 18 heavy (non-hydrogen) atoms. The van der Waals surface area contributed by atoms with Crippen molar-refractivity contribution in [1.29, 1.82) is 0 Å². The molecule has 0 heterocycles. The quantitative estimate of drug-likeness (QED) is 0.372. The molecule has 5 heteroatoms. The average molecular weight is 246 g/mol. The zero-order valence-corrected chi connectivity index (χ0v) is 10.1. The summed E-state index contributed by atoms with van der Waals surface area (Å²) >= 11 is 0. The second kappa shape index (κ2) is 7.07.